The first-order chi connectivity index (χ1) is 11.6. The highest BCUT2D eigenvalue weighted by Crippen LogP contribution is 2.19. The van der Waals surface area contributed by atoms with E-state index in [-0.39, 0.29) is 17.2 Å². The molecule has 2 aromatic heterocycles. The number of amides is 1. The third-order valence-electron chi connectivity index (χ3n) is 3.91. The molecule has 3 aromatic rings. The highest BCUT2D eigenvalue weighted by molar-refractivity contribution is 5.94. The smallest absolute Gasteiger partial charge is 0.251 e. The number of aromatic nitrogens is 2. The number of benzene rings is 1. The van der Waals surface area contributed by atoms with Crippen molar-refractivity contribution in [3.8, 4) is 5.75 Å². The molecular formula is C18H18FN3O2. The fraction of sp³-hybridized carbons (Fsp3) is 0.222. The van der Waals surface area contributed by atoms with Gasteiger partial charge in [-0.05, 0) is 42.3 Å². The van der Waals surface area contributed by atoms with Crippen molar-refractivity contribution >= 4 is 16.9 Å². The Kier molecular flexibility index (Phi) is 4.46. The zero-order valence-corrected chi connectivity index (χ0v) is 13.5. The van der Waals surface area contributed by atoms with Gasteiger partial charge in [-0.15, -0.1) is 0 Å². The molecule has 0 saturated heterocycles. The van der Waals surface area contributed by atoms with E-state index in [1.54, 1.807) is 12.3 Å². The van der Waals surface area contributed by atoms with E-state index in [4.69, 9.17) is 4.74 Å². The second-order valence-electron chi connectivity index (χ2n) is 5.50. The van der Waals surface area contributed by atoms with Crippen LogP contribution in [0.1, 0.15) is 15.9 Å². The van der Waals surface area contributed by atoms with Crippen LogP contribution in [0.25, 0.3) is 11.0 Å². The molecular weight excluding hydrogens is 309 g/mol. The third kappa shape index (κ3) is 3.08. The molecule has 1 amide bonds. The molecule has 5 nitrogen and oxygen atoms in total. The first kappa shape index (κ1) is 16.0. The first-order valence-electron chi connectivity index (χ1n) is 7.61. The van der Waals surface area contributed by atoms with Crippen LogP contribution in [0.4, 0.5) is 4.39 Å². The van der Waals surface area contributed by atoms with Crippen molar-refractivity contribution in [2.45, 2.75) is 6.42 Å². The summed E-state index contributed by atoms with van der Waals surface area (Å²) >= 11 is 0. The standard InChI is InChI=1S/C18H18FN3O2/c1-22-11-13(14-4-3-8-20-17(14)22)7-9-21-18(23)12-5-6-16(24-2)15(19)10-12/h3-6,8,10-11H,7,9H2,1-2H3,(H,21,23). The van der Waals surface area contributed by atoms with Crippen molar-refractivity contribution in [2.24, 2.45) is 7.05 Å². The summed E-state index contributed by atoms with van der Waals surface area (Å²) in [5.41, 5.74) is 2.30. The average Bonchev–Trinajstić information content (AvgIpc) is 2.91. The van der Waals surface area contributed by atoms with Crippen molar-refractivity contribution in [3.05, 3.63) is 59.7 Å². The van der Waals surface area contributed by atoms with Crippen molar-refractivity contribution in [3.63, 3.8) is 0 Å². The maximum Gasteiger partial charge on any atom is 0.251 e. The summed E-state index contributed by atoms with van der Waals surface area (Å²) in [6, 6.07) is 8.07. The average molecular weight is 327 g/mol. The van der Waals surface area contributed by atoms with E-state index in [0.29, 0.717) is 13.0 Å². The van der Waals surface area contributed by atoms with E-state index in [1.165, 1.54) is 19.2 Å². The van der Waals surface area contributed by atoms with Gasteiger partial charge in [0.15, 0.2) is 11.6 Å². The number of halogens is 1. The van der Waals surface area contributed by atoms with Gasteiger partial charge in [0.25, 0.3) is 5.91 Å². The Balaban J connectivity index is 1.65. The number of pyridine rings is 1. The van der Waals surface area contributed by atoms with Crippen LogP contribution in [-0.4, -0.2) is 29.1 Å². The fourth-order valence-corrected chi connectivity index (χ4v) is 2.71. The molecule has 0 aliphatic heterocycles. The number of aryl methyl sites for hydroxylation is 1. The molecule has 3 rings (SSSR count). The Morgan fingerprint density at radius 2 is 2.21 bits per heavy atom. The minimum atomic E-state index is -0.551. The fourth-order valence-electron chi connectivity index (χ4n) is 2.71. The van der Waals surface area contributed by atoms with Gasteiger partial charge in [0.1, 0.15) is 5.65 Å². The monoisotopic (exact) mass is 327 g/mol. The van der Waals surface area contributed by atoms with Gasteiger partial charge in [0, 0.05) is 36.9 Å². The molecule has 1 N–H and O–H groups in total. The highest BCUT2D eigenvalue weighted by Gasteiger charge is 2.11. The Morgan fingerprint density at radius 1 is 1.38 bits per heavy atom. The Labute approximate surface area is 139 Å². The van der Waals surface area contributed by atoms with Gasteiger partial charge in [0.2, 0.25) is 0 Å². The molecule has 124 valence electrons. The molecule has 24 heavy (non-hydrogen) atoms. The normalized spacial score (nSPS) is 10.8. The summed E-state index contributed by atoms with van der Waals surface area (Å²) in [6.45, 7) is 0.459. The molecule has 2 heterocycles. The van der Waals surface area contributed by atoms with Crippen LogP contribution in [0.3, 0.4) is 0 Å². The summed E-state index contributed by atoms with van der Waals surface area (Å²) < 4.78 is 20.5. The summed E-state index contributed by atoms with van der Waals surface area (Å²) in [5.74, 6) is -0.741. The minimum Gasteiger partial charge on any atom is -0.494 e. The van der Waals surface area contributed by atoms with E-state index in [2.05, 4.69) is 10.3 Å². The number of hydrogen-bond acceptors (Lipinski definition) is 3. The SMILES string of the molecule is COc1ccc(C(=O)NCCc2cn(C)c3ncccc23)cc1F. The van der Waals surface area contributed by atoms with Crippen LogP contribution in [0.15, 0.2) is 42.7 Å². The van der Waals surface area contributed by atoms with Crippen LogP contribution < -0.4 is 10.1 Å². The van der Waals surface area contributed by atoms with Gasteiger partial charge >= 0.3 is 0 Å². The number of hydrogen-bond donors (Lipinski definition) is 1. The second kappa shape index (κ2) is 6.70. The van der Waals surface area contributed by atoms with Gasteiger partial charge in [-0.3, -0.25) is 4.79 Å². The largest absolute Gasteiger partial charge is 0.494 e. The maximum atomic E-state index is 13.7. The third-order valence-corrected chi connectivity index (χ3v) is 3.91. The number of nitrogens with zero attached hydrogens (tertiary/aromatic N) is 2. The lowest BCUT2D eigenvalue weighted by Crippen LogP contribution is -2.25. The quantitative estimate of drug-likeness (QED) is 0.784. The van der Waals surface area contributed by atoms with Gasteiger partial charge in [-0.25, -0.2) is 9.37 Å². The van der Waals surface area contributed by atoms with E-state index in [0.717, 1.165) is 16.6 Å². The number of carbonyl (C=O) groups is 1. The molecule has 0 saturated carbocycles. The van der Waals surface area contributed by atoms with Gasteiger partial charge in [0.05, 0.1) is 7.11 Å². The van der Waals surface area contributed by atoms with Crippen molar-refractivity contribution in [1.29, 1.82) is 0 Å². The van der Waals surface area contributed by atoms with Crippen molar-refractivity contribution < 1.29 is 13.9 Å². The number of methoxy groups -OCH3 is 1. The topological polar surface area (TPSA) is 56.1 Å². The van der Waals surface area contributed by atoms with Crippen LogP contribution in [0, 0.1) is 5.82 Å². The molecule has 0 aliphatic carbocycles. The molecule has 0 fully saturated rings. The number of carbonyl (C=O) groups excluding carboxylic acids is 1. The maximum absolute atomic E-state index is 13.7. The number of rotatable bonds is 5. The van der Waals surface area contributed by atoms with Crippen LogP contribution in [0.2, 0.25) is 0 Å². The lowest BCUT2D eigenvalue weighted by atomic mass is 10.1. The van der Waals surface area contributed by atoms with Crippen LogP contribution in [0.5, 0.6) is 5.75 Å². The van der Waals surface area contributed by atoms with Crippen molar-refractivity contribution in [1.82, 2.24) is 14.9 Å². The zero-order valence-electron chi connectivity index (χ0n) is 13.5. The molecule has 0 atom stereocenters. The molecule has 0 unspecified atom stereocenters. The van der Waals surface area contributed by atoms with E-state index in [9.17, 15) is 9.18 Å². The Hall–Kier alpha value is -2.89. The minimum absolute atomic E-state index is 0.120. The first-order valence-corrected chi connectivity index (χ1v) is 7.61. The Bertz CT molecular complexity index is 889. The molecule has 0 bridgehead atoms. The number of nitrogens with one attached hydrogen (secondary N) is 1. The number of ether oxygens (including phenoxy) is 1. The predicted molar refractivity (Wildman–Crippen MR) is 89.7 cm³/mol. The van der Waals surface area contributed by atoms with Gasteiger partial charge in [-0.2, -0.15) is 0 Å². The van der Waals surface area contributed by atoms with Crippen LogP contribution >= 0.6 is 0 Å². The Morgan fingerprint density at radius 3 is 2.96 bits per heavy atom. The molecule has 1 aromatic carbocycles. The summed E-state index contributed by atoms with van der Waals surface area (Å²) in [6.07, 6.45) is 4.44. The molecule has 0 aliphatic rings. The zero-order chi connectivity index (χ0) is 17.1. The number of fused-ring (bicyclic) bond motifs is 1. The molecule has 0 spiro atoms. The van der Waals surface area contributed by atoms with E-state index >= 15 is 0 Å². The summed E-state index contributed by atoms with van der Waals surface area (Å²) in [4.78, 5) is 16.5. The van der Waals surface area contributed by atoms with Crippen molar-refractivity contribution in [2.75, 3.05) is 13.7 Å². The molecule has 6 heteroatoms. The summed E-state index contributed by atoms with van der Waals surface area (Å²) in [5, 5.41) is 3.88. The van der Waals surface area contributed by atoms with Crippen LogP contribution in [-0.2, 0) is 13.5 Å². The lowest BCUT2D eigenvalue weighted by Gasteiger charge is -2.07. The van der Waals surface area contributed by atoms with Gasteiger partial charge < -0.3 is 14.6 Å². The van der Waals surface area contributed by atoms with E-state index in [1.807, 2.05) is 29.9 Å². The predicted octanol–water partition coefficient (Wildman–Crippen LogP) is 2.69. The van der Waals surface area contributed by atoms with Gasteiger partial charge in [-0.1, -0.05) is 0 Å². The van der Waals surface area contributed by atoms with E-state index < -0.39 is 5.82 Å². The highest BCUT2D eigenvalue weighted by atomic mass is 19.1. The second-order valence-corrected chi connectivity index (χ2v) is 5.50. The lowest BCUT2D eigenvalue weighted by molar-refractivity contribution is 0.0953. The summed E-state index contributed by atoms with van der Waals surface area (Å²) in [7, 11) is 3.33. The molecule has 0 radical (unpaired) electrons.